The van der Waals surface area contributed by atoms with Crippen molar-refractivity contribution < 1.29 is 32.7 Å². The number of rotatable bonds is 8. The number of benzene rings is 2. The van der Waals surface area contributed by atoms with E-state index < -0.39 is 47.5 Å². The maximum absolute atomic E-state index is 13.6. The molecule has 11 nitrogen and oxygen atoms in total. The third-order valence-electron chi connectivity index (χ3n) is 5.55. The van der Waals surface area contributed by atoms with E-state index in [1.807, 2.05) is 0 Å². The van der Waals surface area contributed by atoms with Gasteiger partial charge in [0, 0.05) is 12.6 Å². The topological polar surface area (TPSA) is 144 Å². The number of fused-ring (bicyclic) bond motifs is 1. The number of nitrogens with one attached hydrogen (secondary N) is 3. The van der Waals surface area contributed by atoms with Crippen molar-refractivity contribution in [2.75, 3.05) is 11.9 Å². The fraction of sp³-hybridized carbons (Fsp3) is 0.214. The first-order valence-electron chi connectivity index (χ1n) is 12.5. The second kappa shape index (κ2) is 12.3. The zero-order chi connectivity index (χ0) is 30.6. The van der Waals surface area contributed by atoms with Gasteiger partial charge in [0.15, 0.2) is 17.3 Å². The molecule has 0 aliphatic rings. The number of hydrogen-bond donors (Lipinski definition) is 3. The van der Waals surface area contributed by atoms with E-state index in [-0.39, 0.29) is 39.7 Å². The summed E-state index contributed by atoms with van der Waals surface area (Å²) in [5, 5.41) is 11.9. The minimum Gasteiger partial charge on any atom is -0.459 e. The van der Waals surface area contributed by atoms with Crippen LogP contribution >= 0.6 is 11.6 Å². The highest BCUT2D eigenvalue weighted by Gasteiger charge is 2.24. The molecule has 42 heavy (non-hydrogen) atoms. The van der Waals surface area contributed by atoms with Crippen molar-refractivity contribution in [2.24, 2.45) is 0 Å². The van der Waals surface area contributed by atoms with Crippen molar-refractivity contribution in [3.63, 3.8) is 0 Å². The second-order valence-corrected chi connectivity index (χ2v) is 10.4. The maximum atomic E-state index is 13.6. The van der Waals surface area contributed by atoms with E-state index >= 15 is 0 Å². The molecular weight excluding hydrogens is 574 g/mol. The Morgan fingerprint density at radius 1 is 0.952 bits per heavy atom. The lowest BCUT2D eigenvalue weighted by Gasteiger charge is -2.19. The Bertz CT molecular complexity index is 1700. The molecule has 0 unspecified atom stereocenters. The van der Waals surface area contributed by atoms with Gasteiger partial charge >= 0.3 is 5.97 Å². The molecule has 2 aromatic heterocycles. The van der Waals surface area contributed by atoms with Crippen LogP contribution in [0.25, 0.3) is 5.65 Å². The quantitative estimate of drug-likeness (QED) is 0.261. The van der Waals surface area contributed by atoms with Crippen molar-refractivity contribution in [3.8, 4) is 0 Å². The van der Waals surface area contributed by atoms with Crippen LogP contribution in [0.1, 0.15) is 57.7 Å². The van der Waals surface area contributed by atoms with E-state index in [1.54, 1.807) is 45.0 Å². The lowest BCUT2D eigenvalue weighted by atomic mass is 10.2. The van der Waals surface area contributed by atoms with Crippen LogP contribution in [0, 0.1) is 11.6 Å². The Balaban J connectivity index is 1.66. The molecule has 3 amide bonds. The number of carbonyl (C=O) groups excluding carboxylic acids is 4. The third-order valence-corrected chi connectivity index (χ3v) is 5.88. The number of para-hydroxylation sites is 1. The molecule has 4 aromatic rings. The minimum absolute atomic E-state index is 0.0913. The van der Waals surface area contributed by atoms with Gasteiger partial charge in [0.05, 0.1) is 16.9 Å². The van der Waals surface area contributed by atoms with Crippen LogP contribution in [0.4, 0.5) is 14.5 Å². The molecule has 14 heteroatoms. The Kier molecular flexibility index (Phi) is 8.81. The first-order valence-corrected chi connectivity index (χ1v) is 12.9. The molecular formula is C28H25ClF2N6O5. The van der Waals surface area contributed by atoms with E-state index in [0.717, 1.165) is 28.9 Å². The first kappa shape index (κ1) is 30.1. The predicted octanol–water partition coefficient (Wildman–Crippen LogP) is 3.91. The van der Waals surface area contributed by atoms with Crippen LogP contribution in [-0.2, 0) is 16.1 Å². The van der Waals surface area contributed by atoms with Gasteiger partial charge in [0.25, 0.3) is 17.7 Å². The summed E-state index contributed by atoms with van der Waals surface area (Å²) < 4.78 is 33.1. The summed E-state index contributed by atoms with van der Waals surface area (Å²) in [4.78, 5) is 55.7. The number of ether oxygens (including phenoxy) is 1. The van der Waals surface area contributed by atoms with Gasteiger partial charge in [-0.1, -0.05) is 29.8 Å². The lowest BCUT2D eigenvalue weighted by molar-refractivity contribution is -0.153. The number of carbonyl (C=O) groups is 4. The Morgan fingerprint density at radius 2 is 1.69 bits per heavy atom. The molecule has 0 spiro atoms. The van der Waals surface area contributed by atoms with Gasteiger partial charge in [-0.3, -0.25) is 19.2 Å². The standard InChI is InChI=1S/C28H25ClF2N6O5/c1-28(2,3)42-23(38)14-33-27(41)22-11-21(26(40)32-12-15-8-9-18(30)19(31)10-15)35-24-16(13-34-37(22)24)25(39)36-20-7-5-4-6-17(20)29/h4-11,13H,12,14H2,1-3H3,(H,32,40)(H,33,41)(H,36,39). The maximum Gasteiger partial charge on any atom is 0.325 e. The molecule has 4 rings (SSSR count). The average Bonchev–Trinajstić information content (AvgIpc) is 3.36. The summed E-state index contributed by atoms with van der Waals surface area (Å²) in [6.07, 6.45) is 1.15. The molecule has 0 radical (unpaired) electrons. The third kappa shape index (κ3) is 7.23. The van der Waals surface area contributed by atoms with Crippen molar-refractivity contribution in [1.82, 2.24) is 25.2 Å². The number of halogens is 3. The van der Waals surface area contributed by atoms with Crippen LogP contribution in [0.2, 0.25) is 5.02 Å². The molecule has 2 heterocycles. The van der Waals surface area contributed by atoms with E-state index in [0.29, 0.717) is 5.69 Å². The summed E-state index contributed by atoms with van der Waals surface area (Å²) in [5.74, 6) is -5.11. The molecule has 0 aliphatic heterocycles. The summed E-state index contributed by atoms with van der Waals surface area (Å²) in [5.41, 5.74) is -0.967. The fourth-order valence-electron chi connectivity index (χ4n) is 3.70. The molecule has 0 aliphatic carbocycles. The second-order valence-electron chi connectivity index (χ2n) is 9.95. The number of anilines is 1. The zero-order valence-electron chi connectivity index (χ0n) is 22.6. The number of hydrogen-bond acceptors (Lipinski definition) is 7. The molecule has 0 saturated heterocycles. The molecule has 0 fully saturated rings. The van der Waals surface area contributed by atoms with E-state index in [1.165, 1.54) is 6.07 Å². The van der Waals surface area contributed by atoms with Gasteiger partial charge < -0.3 is 20.7 Å². The van der Waals surface area contributed by atoms with Gasteiger partial charge in [-0.2, -0.15) is 5.10 Å². The number of nitrogens with zero attached hydrogens (tertiary/aromatic N) is 3. The van der Waals surface area contributed by atoms with Gasteiger partial charge in [-0.15, -0.1) is 0 Å². The van der Waals surface area contributed by atoms with Crippen LogP contribution in [0.3, 0.4) is 0 Å². The van der Waals surface area contributed by atoms with Crippen LogP contribution in [0.5, 0.6) is 0 Å². The summed E-state index contributed by atoms with van der Waals surface area (Å²) in [7, 11) is 0. The lowest BCUT2D eigenvalue weighted by Crippen LogP contribution is -2.35. The van der Waals surface area contributed by atoms with Crippen LogP contribution < -0.4 is 16.0 Å². The highest BCUT2D eigenvalue weighted by atomic mass is 35.5. The van der Waals surface area contributed by atoms with E-state index in [4.69, 9.17) is 16.3 Å². The van der Waals surface area contributed by atoms with Crippen molar-refractivity contribution in [1.29, 1.82) is 0 Å². The normalized spacial score (nSPS) is 11.2. The van der Waals surface area contributed by atoms with Crippen LogP contribution in [-0.4, -0.2) is 50.4 Å². The number of aromatic nitrogens is 3. The largest absolute Gasteiger partial charge is 0.459 e. The van der Waals surface area contributed by atoms with E-state index in [9.17, 15) is 28.0 Å². The highest BCUT2D eigenvalue weighted by molar-refractivity contribution is 6.34. The average molecular weight is 599 g/mol. The molecule has 0 saturated carbocycles. The number of esters is 1. The van der Waals surface area contributed by atoms with Gasteiger partial charge in [-0.25, -0.2) is 18.3 Å². The van der Waals surface area contributed by atoms with Gasteiger partial charge in [-0.05, 0) is 50.6 Å². The van der Waals surface area contributed by atoms with E-state index in [2.05, 4.69) is 26.0 Å². The highest BCUT2D eigenvalue weighted by Crippen LogP contribution is 2.22. The Morgan fingerprint density at radius 3 is 2.38 bits per heavy atom. The fourth-order valence-corrected chi connectivity index (χ4v) is 3.88. The van der Waals surface area contributed by atoms with Crippen molar-refractivity contribution in [2.45, 2.75) is 32.9 Å². The smallest absolute Gasteiger partial charge is 0.325 e. The monoisotopic (exact) mass is 598 g/mol. The summed E-state index contributed by atoms with van der Waals surface area (Å²) >= 11 is 6.15. The molecule has 2 aromatic carbocycles. The van der Waals surface area contributed by atoms with Gasteiger partial charge in [0.1, 0.15) is 29.1 Å². The Hall–Kier alpha value is -4.91. The first-order chi connectivity index (χ1) is 19.8. The molecule has 3 N–H and O–H groups in total. The zero-order valence-corrected chi connectivity index (χ0v) is 23.4. The number of amides is 3. The van der Waals surface area contributed by atoms with Crippen molar-refractivity contribution in [3.05, 3.63) is 93.9 Å². The molecule has 0 atom stereocenters. The predicted molar refractivity (Wildman–Crippen MR) is 148 cm³/mol. The minimum atomic E-state index is -1.08. The molecule has 0 bridgehead atoms. The van der Waals surface area contributed by atoms with Gasteiger partial charge in [0.2, 0.25) is 0 Å². The SMILES string of the molecule is CC(C)(C)OC(=O)CNC(=O)c1cc(C(=O)NCc2ccc(F)c(F)c2)nc2c(C(=O)Nc3ccccc3Cl)cnn12. The van der Waals surface area contributed by atoms with Crippen LogP contribution in [0.15, 0.2) is 54.7 Å². The summed E-state index contributed by atoms with van der Waals surface area (Å²) in [6.45, 7) is 4.33. The molecule has 218 valence electrons. The Labute approximate surface area is 243 Å². The summed E-state index contributed by atoms with van der Waals surface area (Å²) in [6, 6.07) is 10.8. The van der Waals surface area contributed by atoms with Crippen molar-refractivity contribution >= 4 is 46.6 Å².